The molecule has 0 saturated carbocycles. The minimum atomic E-state index is -0.369. The van der Waals surface area contributed by atoms with Crippen LogP contribution < -0.4 is 10.1 Å². The number of halogens is 1. The van der Waals surface area contributed by atoms with Gasteiger partial charge >= 0.3 is 0 Å². The molecule has 0 saturated heterocycles. The standard InChI is InChI=1S/C20H29FN4O2S/c1-6-22-20(23-11-14(2)27-18-10-8-7-9-17(18)21)25(4)12-16-13-28-19(24-16)15(3)26-5/h7-10,13-15H,6,11-12H2,1-5H3,(H,22,23). The lowest BCUT2D eigenvalue weighted by molar-refractivity contribution is 0.119. The van der Waals surface area contributed by atoms with Gasteiger partial charge in [0.1, 0.15) is 17.2 Å². The van der Waals surface area contributed by atoms with E-state index in [0.29, 0.717) is 13.1 Å². The zero-order valence-corrected chi connectivity index (χ0v) is 17.9. The van der Waals surface area contributed by atoms with Crippen molar-refractivity contribution in [3.8, 4) is 5.75 Å². The van der Waals surface area contributed by atoms with Gasteiger partial charge in [-0.1, -0.05) is 12.1 Å². The van der Waals surface area contributed by atoms with Crippen LogP contribution in [0, 0.1) is 5.82 Å². The molecule has 0 aliphatic rings. The van der Waals surface area contributed by atoms with Gasteiger partial charge in [-0.3, -0.25) is 0 Å². The van der Waals surface area contributed by atoms with Crippen molar-refractivity contribution in [1.29, 1.82) is 0 Å². The van der Waals surface area contributed by atoms with Crippen LogP contribution in [0.3, 0.4) is 0 Å². The number of rotatable bonds is 9. The van der Waals surface area contributed by atoms with Crippen LogP contribution >= 0.6 is 11.3 Å². The second-order valence-electron chi connectivity index (χ2n) is 6.46. The quantitative estimate of drug-likeness (QED) is 0.504. The second-order valence-corrected chi connectivity index (χ2v) is 7.35. The minimum absolute atomic E-state index is 0.0117. The number of nitrogens with one attached hydrogen (secondary N) is 1. The lowest BCUT2D eigenvalue weighted by Gasteiger charge is -2.22. The van der Waals surface area contributed by atoms with Gasteiger partial charge in [0, 0.05) is 26.1 Å². The lowest BCUT2D eigenvalue weighted by Crippen LogP contribution is -2.39. The Balaban J connectivity index is 1.98. The Bertz CT molecular complexity index is 768. The molecule has 0 bridgehead atoms. The number of benzene rings is 1. The molecule has 28 heavy (non-hydrogen) atoms. The smallest absolute Gasteiger partial charge is 0.194 e. The number of guanidine groups is 1. The average Bonchev–Trinajstić information content (AvgIpc) is 3.14. The van der Waals surface area contributed by atoms with Crippen molar-refractivity contribution < 1.29 is 13.9 Å². The fourth-order valence-corrected chi connectivity index (χ4v) is 3.32. The van der Waals surface area contributed by atoms with Crippen molar-refractivity contribution >= 4 is 17.3 Å². The Morgan fingerprint density at radius 3 is 2.79 bits per heavy atom. The van der Waals surface area contributed by atoms with Crippen molar-refractivity contribution in [1.82, 2.24) is 15.2 Å². The molecule has 1 heterocycles. The van der Waals surface area contributed by atoms with E-state index in [1.807, 2.05) is 38.1 Å². The molecule has 2 atom stereocenters. The molecule has 6 nitrogen and oxygen atoms in total. The summed E-state index contributed by atoms with van der Waals surface area (Å²) < 4.78 is 24.7. The second kappa shape index (κ2) is 11.0. The van der Waals surface area contributed by atoms with Gasteiger partial charge in [-0.15, -0.1) is 11.3 Å². The predicted molar refractivity (Wildman–Crippen MR) is 111 cm³/mol. The molecule has 8 heteroatoms. The van der Waals surface area contributed by atoms with Crippen LogP contribution in [0.25, 0.3) is 0 Å². The van der Waals surface area contributed by atoms with Gasteiger partial charge in [0.2, 0.25) is 0 Å². The molecular weight excluding hydrogens is 379 g/mol. The van der Waals surface area contributed by atoms with Crippen LogP contribution in [-0.2, 0) is 11.3 Å². The molecule has 1 N–H and O–H groups in total. The van der Waals surface area contributed by atoms with E-state index in [1.165, 1.54) is 6.07 Å². The summed E-state index contributed by atoms with van der Waals surface area (Å²) in [6.07, 6.45) is -0.269. The summed E-state index contributed by atoms with van der Waals surface area (Å²) >= 11 is 1.59. The van der Waals surface area contributed by atoms with Crippen molar-refractivity contribution in [3.05, 3.63) is 46.2 Å². The molecule has 0 aliphatic carbocycles. The van der Waals surface area contributed by atoms with E-state index >= 15 is 0 Å². The van der Waals surface area contributed by atoms with Gasteiger partial charge in [0.25, 0.3) is 0 Å². The number of nitrogens with zero attached hydrogens (tertiary/aromatic N) is 3. The van der Waals surface area contributed by atoms with Gasteiger partial charge in [-0.2, -0.15) is 0 Å². The van der Waals surface area contributed by atoms with Gasteiger partial charge in [-0.25, -0.2) is 14.4 Å². The predicted octanol–water partition coefficient (Wildman–Crippen LogP) is 3.85. The third kappa shape index (κ3) is 6.45. The molecule has 1 aromatic heterocycles. The molecule has 0 aliphatic heterocycles. The number of aliphatic imine (C=N–C) groups is 1. The molecule has 0 spiro atoms. The number of ether oxygens (including phenoxy) is 2. The first-order valence-corrected chi connectivity index (χ1v) is 10.2. The topological polar surface area (TPSA) is 59.0 Å². The maximum absolute atomic E-state index is 13.7. The van der Waals surface area contributed by atoms with Gasteiger partial charge in [-0.05, 0) is 32.9 Å². The molecule has 0 amide bonds. The Morgan fingerprint density at radius 1 is 1.36 bits per heavy atom. The average molecular weight is 409 g/mol. The summed E-state index contributed by atoms with van der Waals surface area (Å²) in [6.45, 7) is 7.65. The highest BCUT2D eigenvalue weighted by molar-refractivity contribution is 7.09. The number of para-hydroxylation sites is 1. The molecule has 0 radical (unpaired) electrons. The number of hydrogen-bond acceptors (Lipinski definition) is 5. The van der Waals surface area contributed by atoms with E-state index < -0.39 is 0 Å². The maximum atomic E-state index is 13.7. The SMILES string of the molecule is CCNC(=NCC(C)Oc1ccccc1F)N(C)Cc1csc(C(C)OC)n1. The normalized spacial score (nSPS) is 13.9. The molecule has 1 aromatic carbocycles. The zero-order chi connectivity index (χ0) is 20.5. The summed E-state index contributed by atoms with van der Waals surface area (Å²) in [7, 11) is 3.64. The highest BCUT2D eigenvalue weighted by atomic mass is 32.1. The summed E-state index contributed by atoms with van der Waals surface area (Å²) in [6, 6.07) is 6.39. The van der Waals surface area contributed by atoms with Crippen LogP contribution in [0.2, 0.25) is 0 Å². The Labute approximate surface area is 170 Å². The fraction of sp³-hybridized carbons (Fsp3) is 0.500. The van der Waals surface area contributed by atoms with Crippen LogP contribution in [0.1, 0.15) is 37.6 Å². The number of hydrogen-bond donors (Lipinski definition) is 1. The van der Waals surface area contributed by atoms with E-state index in [9.17, 15) is 4.39 Å². The van der Waals surface area contributed by atoms with E-state index in [2.05, 4.69) is 15.3 Å². The van der Waals surface area contributed by atoms with E-state index in [0.717, 1.165) is 23.2 Å². The number of aromatic nitrogens is 1. The van der Waals surface area contributed by atoms with Crippen molar-refractivity contribution in [2.45, 2.75) is 39.5 Å². The van der Waals surface area contributed by atoms with E-state index in [4.69, 9.17) is 9.47 Å². The largest absolute Gasteiger partial charge is 0.486 e. The van der Waals surface area contributed by atoms with Crippen LogP contribution in [0.15, 0.2) is 34.6 Å². The monoisotopic (exact) mass is 408 g/mol. The third-order valence-electron chi connectivity index (χ3n) is 4.03. The van der Waals surface area contributed by atoms with E-state index in [1.54, 1.807) is 36.6 Å². The Morgan fingerprint density at radius 2 is 2.11 bits per heavy atom. The first-order chi connectivity index (χ1) is 13.4. The first-order valence-electron chi connectivity index (χ1n) is 9.32. The van der Waals surface area contributed by atoms with Crippen molar-refractivity contribution in [2.24, 2.45) is 4.99 Å². The Hall–Kier alpha value is -2.19. The lowest BCUT2D eigenvalue weighted by atomic mass is 10.3. The molecule has 0 fully saturated rings. The Kier molecular flexibility index (Phi) is 8.66. The highest BCUT2D eigenvalue weighted by Gasteiger charge is 2.14. The summed E-state index contributed by atoms with van der Waals surface area (Å²) in [5, 5.41) is 6.27. The van der Waals surface area contributed by atoms with Crippen molar-refractivity contribution in [3.63, 3.8) is 0 Å². The summed E-state index contributed by atoms with van der Waals surface area (Å²) in [5.41, 5.74) is 0.965. The van der Waals surface area contributed by atoms with Crippen LogP contribution in [0.4, 0.5) is 4.39 Å². The molecule has 2 unspecified atom stereocenters. The highest BCUT2D eigenvalue weighted by Crippen LogP contribution is 2.21. The molecule has 2 rings (SSSR count). The zero-order valence-electron chi connectivity index (χ0n) is 17.1. The summed E-state index contributed by atoms with van der Waals surface area (Å²) in [4.78, 5) is 11.3. The molecular formula is C20H29FN4O2S. The maximum Gasteiger partial charge on any atom is 0.194 e. The minimum Gasteiger partial charge on any atom is -0.486 e. The summed E-state index contributed by atoms with van der Waals surface area (Å²) in [5.74, 6) is 0.624. The third-order valence-corrected chi connectivity index (χ3v) is 5.08. The number of thiazole rings is 1. The van der Waals surface area contributed by atoms with Gasteiger partial charge in [0.05, 0.1) is 18.8 Å². The molecule has 2 aromatic rings. The molecule has 154 valence electrons. The van der Waals surface area contributed by atoms with Crippen LogP contribution in [-0.4, -0.2) is 49.2 Å². The van der Waals surface area contributed by atoms with Gasteiger partial charge in [0.15, 0.2) is 17.5 Å². The van der Waals surface area contributed by atoms with Crippen molar-refractivity contribution in [2.75, 3.05) is 27.2 Å². The fourth-order valence-electron chi connectivity index (χ4n) is 2.48. The van der Waals surface area contributed by atoms with E-state index in [-0.39, 0.29) is 23.8 Å². The van der Waals surface area contributed by atoms with Gasteiger partial charge < -0.3 is 19.7 Å². The first kappa shape index (κ1) is 22.1. The number of methoxy groups -OCH3 is 1. The van der Waals surface area contributed by atoms with Crippen LogP contribution in [0.5, 0.6) is 5.75 Å².